The van der Waals surface area contributed by atoms with E-state index < -0.39 is 12.6 Å². The number of carboxylic acids is 1. The number of rotatable bonds is 8. The molecule has 5 rings (SSSR count). The molecule has 2 aromatic heterocycles. The number of carboxylic acid groups (broad SMARTS) is 1. The number of nitrogens with zero attached hydrogens (tertiary/aromatic N) is 1. The van der Waals surface area contributed by atoms with Gasteiger partial charge in [0.1, 0.15) is 17.0 Å². The van der Waals surface area contributed by atoms with Crippen molar-refractivity contribution in [1.82, 2.24) is 4.98 Å². The predicted molar refractivity (Wildman–Crippen MR) is 141 cm³/mol. The van der Waals surface area contributed by atoms with E-state index in [0.717, 1.165) is 47.8 Å². The first-order valence-corrected chi connectivity index (χ1v) is 12.8. The van der Waals surface area contributed by atoms with E-state index in [1.54, 1.807) is 12.1 Å². The molecule has 200 valence electrons. The highest BCUT2D eigenvalue weighted by Gasteiger charge is 2.33. The minimum atomic E-state index is -2.75. The number of furan rings is 1. The quantitative estimate of drug-likeness (QED) is 0.254. The standard InChI is InChI=1S/C30H31F2NO5/c1-17-8-9-24(36-15-19-10-12-30(3,13-11-19)16-37-29(31)32)25-21(28(34)35)14-22(33-26(17)25)27-18(2)20-6-4-5-7-23(20)38-27/h4-9,14,19,29H,10-13,15-16H2,1-3H3,(H,34,35). The molecular weight excluding hydrogens is 492 g/mol. The Hall–Kier alpha value is -3.52. The highest BCUT2D eigenvalue weighted by Crippen LogP contribution is 2.41. The molecule has 0 unspecified atom stereocenters. The van der Waals surface area contributed by atoms with E-state index in [0.29, 0.717) is 34.7 Å². The van der Waals surface area contributed by atoms with Gasteiger partial charge in [0, 0.05) is 10.9 Å². The van der Waals surface area contributed by atoms with Gasteiger partial charge in [-0.1, -0.05) is 31.2 Å². The lowest BCUT2D eigenvalue weighted by molar-refractivity contribution is -0.155. The third-order valence-electron chi connectivity index (χ3n) is 7.78. The Balaban J connectivity index is 1.43. The summed E-state index contributed by atoms with van der Waals surface area (Å²) in [6.45, 7) is 3.51. The second-order valence-electron chi connectivity index (χ2n) is 10.7. The van der Waals surface area contributed by atoms with Gasteiger partial charge < -0.3 is 19.0 Å². The molecule has 1 N–H and O–H groups in total. The average molecular weight is 524 g/mol. The van der Waals surface area contributed by atoms with E-state index in [-0.39, 0.29) is 23.5 Å². The fourth-order valence-electron chi connectivity index (χ4n) is 5.42. The van der Waals surface area contributed by atoms with Crippen LogP contribution in [0.2, 0.25) is 0 Å². The highest BCUT2D eigenvalue weighted by molar-refractivity contribution is 6.07. The molecule has 0 bridgehead atoms. The molecule has 8 heteroatoms. The minimum absolute atomic E-state index is 0.0432. The van der Waals surface area contributed by atoms with Crippen LogP contribution in [0.15, 0.2) is 46.9 Å². The Kier molecular flexibility index (Phi) is 7.09. The molecule has 0 atom stereocenters. The molecule has 4 aromatic rings. The summed E-state index contributed by atoms with van der Waals surface area (Å²) in [6.07, 6.45) is 3.19. The van der Waals surface area contributed by atoms with Crippen LogP contribution in [0.4, 0.5) is 8.78 Å². The SMILES string of the molecule is Cc1c(-c2cc(C(=O)O)c3c(OCC4CCC(C)(COC(F)F)CC4)ccc(C)c3n2)oc2ccccc12. The molecule has 0 saturated heterocycles. The van der Waals surface area contributed by atoms with Gasteiger partial charge in [-0.15, -0.1) is 0 Å². The first-order valence-electron chi connectivity index (χ1n) is 12.8. The van der Waals surface area contributed by atoms with Crippen LogP contribution in [0.1, 0.15) is 54.1 Å². The number of hydrogen-bond acceptors (Lipinski definition) is 5. The zero-order valence-corrected chi connectivity index (χ0v) is 21.7. The number of ether oxygens (including phenoxy) is 2. The summed E-state index contributed by atoms with van der Waals surface area (Å²) >= 11 is 0. The average Bonchev–Trinajstić information content (AvgIpc) is 3.24. The van der Waals surface area contributed by atoms with Crippen molar-refractivity contribution in [2.24, 2.45) is 11.3 Å². The van der Waals surface area contributed by atoms with E-state index in [2.05, 4.69) is 4.74 Å². The second-order valence-corrected chi connectivity index (χ2v) is 10.7. The maximum Gasteiger partial charge on any atom is 0.345 e. The van der Waals surface area contributed by atoms with Gasteiger partial charge in [0.05, 0.1) is 29.7 Å². The van der Waals surface area contributed by atoms with Crippen LogP contribution < -0.4 is 4.74 Å². The van der Waals surface area contributed by atoms with Crippen molar-refractivity contribution in [3.05, 3.63) is 59.2 Å². The van der Waals surface area contributed by atoms with Gasteiger partial charge in [0.2, 0.25) is 0 Å². The number of halogens is 2. The van der Waals surface area contributed by atoms with Crippen LogP contribution in [-0.4, -0.2) is 35.9 Å². The Morgan fingerprint density at radius 2 is 1.92 bits per heavy atom. The van der Waals surface area contributed by atoms with E-state index in [9.17, 15) is 18.7 Å². The zero-order valence-electron chi connectivity index (χ0n) is 21.7. The summed E-state index contributed by atoms with van der Waals surface area (Å²) in [4.78, 5) is 17.3. The molecule has 2 heterocycles. The van der Waals surface area contributed by atoms with Crippen molar-refractivity contribution in [3.63, 3.8) is 0 Å². The Morgan fingerprint density at radius 3 is 2.61 bits per heavy atom. The first-order chi connectivity index (χ1) is 18.1. The number of benzene rings is 2. The van der Waals surface area contributed by atoms with Crippen molar-refractivity contribution in [3.8, 4) is 17.2 Å². The number of hydrogen-bond donors (Lipinski definition) is 1. The lowest BCUT2D eigenvalue weighted by Crippen LogP contribution is -2.31. The van der Waals surface area contributed by atoms with Crippen molar-refractivity contribution >= 4 is 27.8 Å². The van der Waals surface area contributed by atoms with E-state index in [1.807, 2.05) is 51.1 Å². The molecule has 1 aliphatic rings. The van der Waals surface area contributed by atoms with Crippen LogP contribution in [0.5, 0.6) is 5.75 Å². The number of para-hydroxylation sites is 1. The van der Waals surface area contributed by atoms with Crippen molar-refractivity contribution in [2.45, 2.75) is 53.1 Å². The molecular formula is C30H31F2NO5. The van der Waals surface area contributed by atoms with Gasteiger partial charge in [0.25, 0.3) is 0 Å². The van der Waals surface area contributed by atoms with Crippen LogP contribution in [0.25, 0.3) is 33.3 Å². The van der Waals surface area contributed by atoms with Crippen molar-refractivity contribution in [1.29, 1.82) is 0 Å². The number of carbonyl (C=O) groups is 1. The molecule has 38 heavy (non-hydrogen) atoms. The summed E-state index contributed by atoms with van der Waals surface area (Å²) < 4.78 is 41.8. The van der Waals surface area contributed by atoms with Gasteiger partial charge in [-0.2, -0.15) is 8.78 Å². The maximum atomic E-state index is 12.5. The summed E-state index contributed by atoms with van der Waals surface area (Å²) in [5.74, 6) is 0.181. The highest BCUT2D eigenvalue weighted by atomic mass is 19.3. The van der Waals surface area contributed by atoms with E-state index in [4.69, 9.17) is 14.1 Å². The third-order valence-corrected chi connectivity index (χ3v) is 7.78. The minimum Gasteiger partial charge on any atom is -0.493 e. The molecule has 0 amide bonds. The normalized spacial score (nSPS) is 19.9. The number of aryl methyl sites for hydroxylation is 2. The van der Waals surface area contributed by atoms with Gasteiger partial charge in [-0.05, 0) is 74.6 Å². The van der Waals surface area contributed by atoms with E-state index >= 15 is 0 Å². The fourth-order valence-corrected chi connectivity index (χ4v) is 5.42. The number of aromatic nitrogens is 1. The van der Waals surface area contributed by atoms with Crippen molar-refractivity contribution in [2.75, 3.05) is 13.2 Å². The van der Waals surface area contributed by atoms with Crippen LogP contribution >= 0.6 is 0 Å². The monoisotopic (exact) mass is 523 g/mol. The van der Waals surface area contributed by atoms with E-state index in [1.165, 1.54) is 0 Å². The summed E-state index contributed by atoms with van der Waals surface area (Å²) in [5.41, 5.74) is 3.30. The molecule has 1 fully saturated rings. The molecule has 0 spiro atoms. The topological polar surface area (TPSA) is 81.8 Å². The zero-order chi connectivity index (χ0) is 27.0. The van der Waals surface area contributed by atoms with Gasteiger partial charge in [-0.25, -0.2) is 9.78 Å². The lowest BCUT2D eigenvalue weighted by Gasteiger charge is -2.36. The number of aromatic carboxylic acids is 1. The number of fused-ring (bicyclic) bond motifs is 2. The van der Waals surface area contributed by atoms with Crippen molar-refractivity contribution < 1.29 is 32.6 Å². The van der Waals surface area contributed by atoms with Gasteiger partial charge in [-0.3, -0.25) is 0 Å². The second kappa shape index (κ2) is 10.3. The number of alkyl halides is 2. The molecule has 6 nitrogen and oxygen atoms in total. The summed E-state index contributed by atoms with van der Waals surface area (Å²) in [7, 11) is 0. The third kappa shape index (κ3) is 5.10. The summed E-state index contributed by atoms with van der Waals surface area (Å²) in [5, 5.41) is 11.6. The van der Waals surface area contributed by atoms with Crippen LogP contribution in [0, 0.1) is 25.2 Å². The Morgan fingerprint density at radius 1 is 1.18 bits per heavy atom. The Bertz CT molecular complexity index is 1490. The summed E-state index contributed by atoms with van der Waals surface area (Å²) in [6, 6.07) is 12.9. The maximum absolute atomic E-state index is 12.5. The molecule has 1 aliphatic carbocycles. The molecule has 1 saturated carbocycles. The molecule has 2 aromatic carbocycles. The van der Waals surface area contributed by atoms with Crippen LogP contribution in [0.3, 0.4) is 0 Å². The molecule has 0 aliphatic heterocycles. The predicted octanol–water partition coefficient (Wildman–Crippen LogP) is 7.78. The van der Waals surface area contributed by atoms with Crippen LogP contribution in [-0.2, 0) is 4.74 Å². The van der Waals surface area contributed by atoms with Gasteiger partial charge in [0.15, 0.2) is 5.76 Å². The Labute approximate surface area is 219 Å². The fraction of sp³-hybridized carbons (Fsp3) is 0.400. The largest absolute Gasteiger partial charge is 0.493 e. The first kappa shape index (κ1) is 26.1. The number of pyridine rings is 1. The van der Waals surface area contributed by atoms with Gasteiger partial charge >= 0.3 is 12.6 Å². The lowest BCUT2D eigenvalue weighted by atomic mass is 9.72. The molecule has 0 radical (unpaired) electrons. The smallest absolute Gasteiger partial charge is 0.345 e.